The van der Waals surface area contributed by atoms with Crippen LogP contribution in [0.4, 0.5) is 14.5 Å². The Morgan fingerprint density at radius 2 is 1.71 bits per heavy atom. The maximum Gasteiger partial charge on any atom is 0.237 e. The normalized spacial score (nSPS) is 11.4. The predicted molar refractivity (Wildman–Crippen MR) is 86.6 cm³/mol. The molecule has 3 rings (SSSR count). The van der Waals surface area contributed by atoms with Crippen LogP contribution in [0.1, 0.15) is 5.56 Å². The number of sulfonamides is 1. The summed E-state index contributed by atoms with van der Waals surface area (Å²) in [6.07, 6.45) is 3.28. The van der Waals surface area contributed by atoms with E-state index in [1.54, 1.807) is 36.7 Å². The second kappa shape index (κ2) is 6.40. The third-order valence-electron chi connectivity index (χ3n) is 3.33. The molecule has 8 heteroatoms. The highest BCUT2D eigenvalue weighted by Gasteiger charge is 2.18. The lowest BCUT2D eigenvalue weighted by Gasteiger charge is -2.10. The maximum atomic E-state index is 13.6. The van der Waals surface area contributed by atoms with Gasteiger partial charge in [0.1, 0.15) is 23.2 Å². The largest absolute Gasteiger partial charge is 0.345 e. The van der Waals surface area contributed by atoms with Gasteiger partial charge in [0, 0.05) is 29.2 Å². The summed E-state index contributed by atoms with van der Waals surface area (Å²) in [5.74, 6) is -1.93. The molecule has 0 atom stereocenters. The van der Waals surface area contributed by atoms with Gasteiger partial charge < -0.3 is 4.98 Å². The fourth-order valence-electron chi connectivity index (χ4n) is 2.20. The lowest BCUT2D eigenvalue weighted by atomic mass is 10.2. The molecule has 0 unspecified atom stereocenters. The standard InChI is InChI=1S/C16H13F2N3O2S/c17-14-2-1-3-15(18)13(14)10-24(22,23)21-12-6-4-11(5-7-12)16-19-8-9-20-16/h1-9,21H,10H2,(H,19,20). The highest BCUT2D eigenvalue weighted by atomic mass is 32.2. The first-order chi connectivity index (χ1) is 11.4. The number of hydrogen-bond acceptors (Lipinski definition) is 3. The number of aromatic nitrogens is 2. The van der Waals surface area contributed by atoms with E-state index in [4.69, 9.17) is 0 Å². The maximum absolute atomic E-state index is 13.6. The molecule has 0 aliphatic carbocycles. The molecule has 2 aromatic carbocycles. The van der Waals surface area contributed by atoms with Gasteiger partial charge >= 0.3 is 0 Å². The predicted octanol–water partition coefficient (Wildman–Crippen LogP) is 3.30. The van der Waals surface area contributed by atoms with Crippen molar-refractivity contribution in [1.29, 1.82) is 0 Å². The van der Waals surface area contributed by atoms with Gasteiger partial charge in [-0.2, -0.15) is 0 Å². The number of anilines is 1. The highest BCUT2D eigenvalue weighted by Crippen LogP contribution is 2.20. The second-order valence-electron chi connectivity index (χ2n) is 5.08. The Hall–Kier alpha value is -2.74. The van der Waals surface area contributed by atoms with Gasteiger partial charge in [-0.1, -0.05) is 6.07 Å². The first-order valence-corrected chi connectivity index (χ1v) is 8.63. The number of nitrogens with zero attached hydrogens (tertiary/aromatic N) is 1. The number of hydrogen-bond donors (Lipinski definition) is 2. The average molecular weight is 349 g/mol. The highest BCUT2D eigenvalue weighted by molar-refractivity contribution is 7.91. The topological polar surface area (TPSA) is 74.8 Å². The van der Waals surface area contributed by atoms with Crippen molar-refractivity contribution in [3.05, 3.63) is 72.1 Å². The van der Waals surface area contributed by atoms with E-state index in [1.165, 1.54) is 6.07 Å². The minimum absolute atomic E-state index is 0.294. The van der Waals surface area contributed by atoms with Gasteiger partial charge in [0.05, 0.1) is 0 Å². The van der Waals surface area contributed by atoms with Gasteiger partial charge in [-0.15, -0.1) is 0 Å². The van der Waals surface area contributed by atoms with Crippen molar-refractivity contribution in [2.75, 3.05) is 4.72 Å². The van der Waals surface area contributed by atoms with Crippen LogP contribution in [-0.4, -0.2) is 18.4 Å². The van der Waals surface area contributed by atoms with Gasteiger partial charge in [0.2, 0.25) is 10.0 Å². The first-order valence-electron chi connectivity index (χ1n) is 6.98. The summed E-state index contributed by atoms with van der Waals surface area (Å²) >= 11 is 0. The van der Waals surface area contributed by atoms with E-state index in [9.17, 15) is 17.2 Å². The van der Waals surface area contributed by atoms with Crippen LogP contribution in [-0.2, 0) is 15.8 Å². The van der Waals surface area contributed by atoms with Crippen molar-refractivity contribution < 1.29 is 17.2 Å². The van der Waals surface area contributed by atoms with Crippen LogP contribution < -0.4 is 4.72 Å². The molecule has 5 nitrogen and oxygen atoms in total. The molecule has 0 aliphatic heterocycles. The van der Waals surface area contributed by atoms with E-state index in [0.717, 1.165) is 17.7 Å². The zero-order chi connectivity index (χ0) is 17.2. The van der Waals surface area contributed by atoms with Crippen LogP contribution in [0.2, 0.25) is 0 Å². The van der Waals surface area contributed by atoms with Gasteiger partial charge in [-0.05, 0) is 36.4 Å². The van der Waals surface area contributed by atoms with E-state index >= 15 is 0 Å². The Bertz CT molecular complexity index is 920. The Kier molecular flexibility index (Phi) is 4.30. The number of aromatic amines is 1. The summed E-state index contributed by atoms with van der Waals surface area (Å²) in [6, 6.07) is 9.68. The van der Waals surface area contributed by atoms with Gasteiger partial charge in [-0.3, -0.25) is 4.72 Å². The van der Waals surface area contributed by atoms with Gasteiger partial charge in [0.25, 0.3) is 0 Å². The number of halogens is 2. The molecule has 0 bridgehead atoms. The smallest absolute Gasteiger partial charge is 0.237 e. The molecule has 0 saturated carbocycles. The quantitative estimate of drug-likeness (QED) is 0.742. The van der Waals surface area contributed by atoms with Crippen molar-refractivity contribution in [3.8, 4) is 11.4 Å². The molecular formula is C16H13F2N3O2S. The second-order valence-corrected chi connectivity index (χ2v) is 6.80. The number of imidazole rings is 1. The molecule has 0 saturated heterocycles. The molecule has 0 amide bonds. The molecule has 24 heavy (non-hydrogen) atoms. The molecule has 0 spiro atoms. The molecule has 124 valence electrons. The van der Waals surface area contributed by atoms with Crippen molar-refractivity contribution in [1.82, 2.24) is 9.97 Å². The number of nitrogens with one attached hydrogen (secondary N) is 2. The summed E-state index contributed by atoms with van der Waals surface area (Å²) in [4.78, 5) is 7.02. The van der Waals surface area contributed by atoms with Crippen LogP contribution in [0.5, 0.6) is 0 Å². The fourth-order valence-corrected chi connectivity index (χ4v) is 3.42. The number of rotatable bonds is 5. The van der Waals surface area contributed by atoms with Gasteiger partial charge in [-0.25, -0.2) is 22.2 Å². The third-order valence-corrected chi connectivity index (χ3v) is 4.54. The Morgan fingerprint density at radius 1 is 1.04 bits per heavy atom. The lowest BCUT2D eigenvalue weighted by Crippen LogP contribution is -2.16. The van der Waals surface area contributed by atoms with Crippen LogP contribution in [0.25, 0.3) is 11.4 Å². The molecule has 0 fully saturated rings. The van der Waals surface area contributed by atoms with E-state index in [0.29, 0.717) is 11.5 Å². The Labute approximate surface area is 137 Å². The summed E-state index contributed by atoms with van der Waals surface area (Å²) in [5, 5.41) is 0. The van der Waals surface area contributed by atoms with E-state index < -0.39 is 33.0 Å². The zero-order valence-corrected chi connectivity index (χ0v) is 13.1. The summed E-state index contributed by atoms with van der Waals surface area (Å²) < 4.78 is 53.7. The Balaban J connectivity index is 1.77. The molecule has 1 heterocycles. The van der Waals surface area contributed by atoms with Crippen molar-refractivity contribution in [3.63, 3.8) is 0 Å². The first kappa shape index (κ1) is 16.1. The minimum Gasteiger partial charge on any atom is -0.345 e. The third kappa shape index (κ3) is 3.60. The molecule has 3 aromatic rings. The zero-order valence-electron chi connectivity index (χ0n) is 12.3. The molecule has 0 radical (unpaired) electrons. The molecule has 0 aliphatic rings. The average Bonchev–Trinajstić information content (AvgIpc) is 3.06. The van der Waals surface area contributed by atoms with Gasteiger partial charge in [0.15, 0.2) is 0 Å². The van der Waals surface area contributed by atoms with E-state index in [1.807, 2.05) is 0 Å². The van der Waals surface area contributed by atoms with Crippen LogP contribution in [0, 0.1) is 11.6 Å². The van der Waals surface area contributed by atoms with Crippen molar-refractivity contribution >= 4 is 15.7 Å². The van der Waals surface area contributed by atoms with Crippen molar-refractivity contribution in [2.45, 2.75) is 5.75 Å². The number of H-pyrrole nitrogens is 1. The molecule has 2 N–H and O–H groups in total. The monoisotopic (exact) mass is 349 g/mol. The fraction of sp³-hybridized carbons (Fsp3) is 0.0625. The van der Waals surface area contributed by atoms with Crippen LogP contribution in [0.15, 0.2) is 54.9 Å². The van der Waals surface area contributed by atoms with E-state index in [2.05, 4.69) is 14.7 Å². The summed E-state index contributed by atoms with van der Waals surface area (Å²) in [5.41, 5.74) is 0.586. The summed E-state index contributed by atoms with van der Waals surface area (Å²) in [6.45, 7) is 0. The molecule has 1 aromatic heterocycles. The molecular weight excluding hydrogens is 336 g/mol. The SMILES string of the molecule is O=S(=O)(Cc1c(F)cccc1F)Nc1ccc(-c2ncc[nH]2)cc1. The lowest BCUT2D eigenvalue weighted by molar-refractivity contribution is 0.557. The van der Waals surface area contributed by atoms with Crippen molar-refractivity contribution in [2.24, 2.45) is 0 Å². The van der Waals surface area contributed by atoms with E-state index in [-0.39, 0.29) is 0 Å². The number of benzene rings is 2. The van der Waals surface area contributed by atoms with Crippen LogP contribution in [0.3, 0.4) is 0 Å². The summed E-state index contributed by atoms with van der Waals surface area (Å²) in [7, 11) is -3.95. The van der Waals surface area contributed by atoms with Crippen LogP contribution >= 0.6 is 0 Å². The Morgan fingerprint density at radius 3 is 2.29 bits per heavy atom. The minimum atomic E-state index is -3.95.